The molecule has 1 saturated heterocycles. The summed E-state index contributed by atoms with van der Waals surface area (Å²) in [6.45, 7) is 5.86. The Bertz CT molecular complexity index is 586. The maximum Gasteiger partial charge on any atom is 0.241 e. The number of rotatable bonds is 3. The molecule has 0 unspecified atom stereocenters. The number of piperazine rings is 1. The van der Waals surface area contributed by atoms with Gasteiger partial charge in [0.2, 0.25) is 11.7 Å². The van der Waals surface area contributed by atoms with Gasteiger partial charge in [-0.3, -0.25) is 4.90 Å². The fraction of sp³-hybridized carbons (Fsp3) is 0.429. The molecule has 1 atom stereocenters. The molecule has 0 amide bonds. The molecule has 0 spiro atoms. The highest BCUT2D eigenvalue weighted by Crippen LogP contribution is 2.20. The minimum absolute atomic E-state index is 0.499. The van der Waals surface area contributed by atoms with Gasteiger partial charge < -0.3 is 9.84 Å². The molecule has 6 heteroatoms. The minimum Gasteiger partial charge on any atom is -0.338 e. The highest BCUT2D eigenvalue weighted by atomic mass is 35.5. The van der Waals surface area contributed by atoms with E-state index < -0.39 is 0 Å². The molecule has 20 heavy (non-hydrogen) atoms. The lowest BCUT2D eigenvalue weighted by Gasteiger charge is -2.30. The van der Waals surface area contributed by atoms with E-state index in [2.05, 4.69) is 27.3 Å². The topological polar surface area (TPSA) is 54.2 Å². The van der Waals surface area contributed by atoms with Crippen LogP contribution in [0.5, 0.6) is 0 Å². The number of benzene rings is 1. The molecule has 1 aromatic carbocycles. The van der Waals surface area contributed by atoms with Crippen LogP contribution < -0.4 is 5.32 Å². The molecule has 1 aliphatic rings. The Morgan fingerprint density at radius 3 is 3.20 bits per heavy atom. The highest BCUT2D eigenvalue weighted by molar-refractivity contribution is 6.30. The van der Waals surface area contributed by atoms with Gasteiger partial charge in [0.25, 0.3) is 0 Å². The van der Waals surface area contributed by atoms with E-state index in [4.69, 9.17) is 16.1 Å². The maximum atomic E-state index is 5.97. The molecule has 0 bridgehead atoms. The molecule has 1 aromatic heterocycles. The van der Waals surface area contributed by atoms with Crippen molar-refractivity contribution in [2.24, 2.45) is 0 Å². The lowest BCUT2D eigenvalue weighted by molar-refractivity contribution is 0.177. The molecule has 2 aromatic rings. The molecule has 0 aliphatic carbocycles. The van der Waals surface area contributed by atoms with Crippen LogP contribution in [0.1, 0.15) is 12.8 Å². The van der Waals surface area contributed by atoms with Crippen molar-refractivity contribution in [2.75, 3.05) is 19.6 Å². The van der Waals surface area contributed by atoms with E-state index in [1.54, 1.807) is 0 Å². The van der Waals surface area contributed by atoms with E-state index >= 15 is 0 Å². The Morgan fingerprint density at radius 2 is 2.40 bits per heavy atom. The smallest absolute Gasteiger partial charge is 0.241 e. The van der Waals surface area contributed by atoms with Crippen LogP contribution in [-0.4, -0.2) is 40.7 Å². The Morgan fingerprint density at radius 1 is 1.50 bits per heavy atom. The van der Waals surface area contributed by atoms with Gasteiger partial charge in [-0.25, -0.2) is 0 Å². The predicted molar refractivity (Wildman–Crippen MR) is 77.5 cm³/mol. The van der Waals surface area contributed by atoms with Crippen molar-refractivity contribution in [3.05, 3.63) is 35.2 Å². The quantitative estimate of drug-likeness (QED) is 0.940. The van der Waals surface area contributed by atoms with Gasteiger partial charge in [-0.2, -0.15) is 4.98 Å². The molecule has 2 heterocycles. The Balaban J connectivity index is 1.70. The zero-order valence-electron chi connectivity index (χ0n) is 11.3. The number of hydrogen-bond donors (Lipinski definition) is 1. The molecule has 0 radical (unpaired) electrons. The third-order valence-electron chi connectivity index (χ3n) is 3.36. The number of halogens is 1. The summed E-state index contributed by atoms with van der Waals surface area (Å²) in [6, 6.07) is 7.97. The molecule has 0 saturated carbocycles. The van der Waals surface area contributed by atoms with Gasteiger partial charge in [-0.15, -0.1) is 0 Å². The zero-order chi connectivity index (χ0) is 13.9. The van der Waals surface area contributed by atoms with E-state index in [0.29, 0.717) is 29.3 Å². The molecule has 5 nitrogen and oxygen atoms in total. The Kier molecular flexibility index (Phi) is 4.00. The molecule has 1 fully saturated rings. The fourth-order valence-corrected chi connectivity index (χ4v) is 2.60. The van der Waals surface area contributed by atoms with Crippen molar-refractivity contribution < 1.29 is 4.52 Å². The van der Waals surface area contributed by atoms with Gasteiger partial charge in [-0.05, 0) is 19.1 Å². The molecule has 106 valence electrons. The Hall–Kier alpha value is -1.43. The van der Waals surface area contributed by atoms with Gasteiger partial charge >= 0.3 is 0 Å². The van der Waals surface area contributed by atoms with Gasteiger partial charge in [0.05, 0.1) is 6.54 Å². The predicted octanol–water partition coefficient (Wildman–Crippen LogP) is 2.18. The monoisotopic (exact) mass is 292 g/mol. The SMILES string of the molecule is C[C@H]1CN(Cc2nc(-c3cccc(Cl)c3)no2)CCN1. The molecule has 1 N–H and O–H groups in total. The second-order valence-corrected chi connectivity index (χ2v) is 5.55. The first-order valence-corrected chi connectivity index (χ1v) is 7.13. The molecule has 1 aliphatic heterocycles. The summed E-state index contributed by atoms with van der Waals surface area (Å²) in [6.07, 6.45) is 0. The van der Waals surface area contributed by atoms with Crippen molar-refractivity contribution in [1.82, 2.24) is 20.4 Å². The minimum atomic E-state index is 0.499. The lowest BCUT2D eigenvalue weighted by Crippen LogP contribution is -2.48. The van der Waals surface area contributed by atoms with Crippen molar-refractivity contribution in [1.29, 1.82) is 0 Å². The number of hydrogen-bond acceptors (Lipinski definition) is 5. The first-order chi connectivity index (χ1) is 9.70. The average Bonchev–Trinajstić information content (AvgIpc) is 2.87. The van der Waals surface area contributed by atoms with E-state index in [0.717, 1.165) is 25.2 Å². The summed E-state index contributed by atoms with van der Waals surface area (Å²) in [5.74, 6) is 1.24. The highest BCUT2D eigenvalue weighted by Gasteiger charge is 2.18. The van der Waals surface area contributed by atoms with Crippen molar-refractivity contribution in [2.45, 2.75) is 19.5 Å². The summed E-state index contributed by atoms with van der Waals surface area (Å²) in [4.78, 5) is 6.76. The van der Waals surface area contributed by atoms with Crippen molar-refractivity contribution in [3.63, 3.8) is 0 Å². The standard InChI is InChI=1S/C14H17ClN4O/c1-10-8-19(6-5-16-10)9-13-17-14(18-20-13)11-3-2-4-12(15)7-11/h2-4,7,10,16H,5-6,8-9H2,1H3/t10-/m0/s1. The summed E-state index contributed by atoms with van der Waals surface area (Å²) >= 11 is 5.97. The molecular weight excluding hydrogens is 276 g/mol. The van der Waals surface area contributed by atoms with Crippen molar-refractivity contribution >= 4 is 11.6 Å². The van der Waals surface area contributed by atoms with Gasteiger partial charge in [0, 0.05) is 36.3 Å². The fourth-order valence-electron chi connectivity index (χ4n) is 2.41. The zero-order valence-corrected chi connectivity index (χ0v) is 12.1. The molecule has 3 rings (SSSR count). The van der Waals surface area contributed by atoms with E-state index in [1.807, 2.05) is 24.3 Å². The summed E-state index contributed by atoms with van der Waals surface area (Å²) in [7, 11) is 0. The Labute approximate surface area is 122 Å². The largest absolute Gasteiger partial charge is 0.338 e. The van der Waals surface area contributed by atoms with Crippen LogP contribution in [0.2, 0.25) is 5.02 Å². The average molecular weight is 293 g/mol. The summed E-state index contributed by atoms with van der Waals surface area (Å²) in [5, 5.41) is 8.11. The van der Waals surface area contributed by atoms with E-state index in [-0.39, 0.29) is 0 Å². The van der Waals surface area contributed by atoms with Crippen LogP contribution in [0, 0.1) is 0 Å². The van der Waals surface area contributed by atoms with Gasteiger partial charge in [0.1, 0.15) is 0 Å². The normalized spacial score (nSPS) is 20.2. The van der Waals surface area contributed by atoms with E-state index in [1.165, 1.54) is 0 Å². The summed E-state index contributed by atoms with van der Waals surface area (Å²) < 4.78 is 5.33. The lowest BCUT2D eigenvalue weighted by atomic mass is 10.2. The van der Waals surface area contributed by atoms with Crippen LogP contribution >= 0.6 is 11.6 Å². The van der Waals surface area contributed by atoms with Crippen LogP contribution in [0.15, 0.2) is 28.8 Å². The van der Waals surface area contributed by atoms with Crippen LogP contribution in [0.4, 0.5) is 0 Å². The third kappa shape index (κ3) is 3.17. The van der Waals surface area contributed by atoms with Crippen molar-refractivity contribution in [3.8, 4) is 11.4 Å². The van der Waals surface area contributed by atoms with Crippen LogP contribution in [0.3, 0.4) is 0 Å². The van der Waals surface area contributed by atoms with Crippen LogP contribution in [-0.2, 0) is 6.54 Å². The second kappa shape index (κ2) is 5.91. The third-order valence-corrected chi connectivity index (χ3v) is 3.60. The maximum absolute atomic E-state index is 5.97. The number of nitrogens with one attached hydrogen (secondary N) is 1. The van der Waals surface area contributed by atoms with Gasteiger partial charge in [0.15, 0.2) is 0 Å². The first-order valence-electron chi connectivity index (χ1n) is 6.75. The van der Waals surface area contributed by atoms with Crippen LogP contribution in [0.25, 0.3) is 11.4 Å². The first kappa shape index (κ1) is 13.5. The summed E-state index contributed by atoms with van der Waals surface area (Å²) in [5.41, 5.74) is 0.876. The van der Waals surface area contributed by atoms with Gasteiger partial charge in [-0.1, -0.05) is 28.9 Å². The number of aromatic nitrogens is 2. The second-order valence-electron chi connectivity index (χ2n) is 5.11. The molecular formula is C14H17ClN4O. The number of nitrogens with zero attached hydrogens (tertiary/aromatic N) is 3. The van der Waals surface area contributed by atoms with E-state index in [9.17, 15) is 0 Å².